The lowest BCUT2D eigenvalue weighted by molar-refractivity contribution is 0.0645. The van der Waals surface area contributed by atoms with Crippen LogP contribution in [0.3, 0.4) is 0 Å². The Balaban J connectivity index is 2.11. The van der Waals surface area contributed by atoms with Crippen LogP contribution in [0.4, 0.5) is 10.1 Å². The van der Waals surface area contributed by atoms with Crippen molar-refractivity contribution in [2.75, 3.05) is 38.6 Å². The number of anilines is 1. The van der Waals surface area contributed by atoms with Crippen LogP contribution in [-0.4, -0.2) is 44.3 Å². The van der Waals surface area contributed by atoms with Crippen LogP contribution >= 0.6 is 0 Å². The fourth-order valence-electron chi connectivity index (χ4n) is 1.51. The van der Waals surface area contributed by atoms with Gasteiger partial charge in [-0.3, -0.25) is 0 Å². The number of hydrogen-bond donors (Lipinski definition) is 1. The molecular formula is C14H23FN2O. The quantitative estimate of drug-likeness (QED) is 0.771. The maximum Gasteiger partial charge on any atom is 0.123 e. The molecule has 0 saturated heterocycles. The van der Waals surface area contributed by atoms with E-state index in [0.717, 1.165) is 31.9 Å². The van der Waals surface area contributed by atoms with Gasteiger partial charge in [-0.25, -0.2) is 4.39 Å². The summed E-state index contributed by atoms with van der Waals surface area (Å²) in [6.07, 6.45) is 0.288. The van der Waals surface area contributed by atoms with E-state index in [1.54, 1.807) is 12.1 Å². The van der Waals surface area contributed by atoms with Gasteiger partial charge in [0.2, 0.25) is 0 Å². The minimum absolute atomic E-state index is 0.205. The Morgan fingerprint density at radius 1 is 1.22 bits per heavy atom. The molecule has 0 amide bonds. The highest BCUT2D eigenvalue weighted by atomic mass is 19.1. The highest BCUT2D eigenvalue weighted by Gasteiger charge is 1.99. The molecule has 18 heavy (non-hydrogen) atoms. The third kappa shape index (κ3) is 6.57. The Hall–Kier alpha value is -1.13. The summed E-state index contributed by atoms with van der Waals surface area (Å²) in [6.45, 7) is 7.52. The van der Waals surface area contributed by atoms with E-state index in [0.29, 0.717) is 0 Å². The molecule has 0 aliphatic heterocycles. The average molecular weight is 254 g/mol. The summed E-state index contributed by atoms with van der Waals surface area (Å²) in [6, 6.07) is 6.42. The van der Waals surface area contributed by atoms with Crippen molar-refractivity contribution < 1.29 is 9.13 Å². The van der Waals surface area contributed by atoms with Crippen molar-refractivity contribution in [3.05, 3.63) is 30.1 Å². The third-order valence-corrected chi connectivity index (χ3v) is 2.59. The number of nitrogens with one attached hydrogen (secondary N) is 1. The zero-order valence-electron chi connectivity index (χ0n) is 11.4. The molecule has 1 rings (SSSR count). The topological polar surface area (TPSA) is 24.5 Å². The van der Waals surface area contributed by atoms with Crippen LogP contribution in [0.1, 0.15) is 13.8 Å². The maximum atomic E-state index is 12.7. The molecule has 0 aliphatic rings. The Bertz CT molecular complexity index is 327. The molecule has 1 aromatic carbocycles. The van der Waals surface area contributed by atoms with Crippen molar-refractivity contribution in [3.8, 4) is 0 Å². The fraction of sp³-hybridized carbons (Fsp3) is 0.571. The second kappa shape index (κ2) is 8.06. The molecule has 102 valence electrons. The number of rotatable bonds is 8. The Labute approximate surface area is 109 Å². The van der Waals surface area contributed by atoms with Crippen LogP contribution < -0.4 is 5.32 Å². The van der Waals surface area contributed by atoms with E-state index in [1.165, 1.54) is 12.1 Å². The summed E-state index contributed by atoms with van der Waals surface area (Å²) in [4.78, 5) is 2.21. The number of benzene rings is 1. The van der Waals surface area contributed by atoms with Gasteiger partial charge in [0.15, 0.2) is 0 Å². The summed E-state index contributed by atoms with van der Waals surface area (Å²) in [5.41, 5.74) is 0.947. The van der Waals surface area contributed by atoms with Gasteiger partial charge >= 0.3 is 0 Å². The first-order valence-electron chi connectivity index (χ1n) is 6.37. The lowest BCUT2D eigenvalue weighted by Crippen LogP contribution is -2.29. The van der Waals surface area contributed by atoms with Gasteiger partial charge in [-0.05, 0) is 45.2 Å². The number of likely N-dealkylation sites (N-methyl/N-ethyl adjacent to an activating group) is 1. The lowest BCUT2D eigenvalue weighted by atomic mass is 10.3. The van der Waals surface area contributed by atoms with Gasteiger partial charge in [-0.2, -0.15) is 0 Å². The van der Waals surface area contributed by atoms with E-state index in [4.69, 9.17) is 4.74 Å². The summed E-state index contributed by atoms with van der Waals surface area (Å²) in [7, 11) is 2.07. The Kier molecular flexibility index (Phi) is 6.68. The first kappa shape index (κ1) is 14.9. The van der Waals surface area contributed by atoms with Gasteiger partial charge < -0.3 is 15.0 Å². The number of halogens is 1. The van der Waals surface area contributed by atoms with Gasteiger partial charge in [-0.15, -0.1) is 0 Å². The summed E-state index contributed by atoms with van der Waals surface area (Å²) >= 11 is 0. The smallest absolute Gasteiger partial charge is 0.123 e. The molecule has 0 spiro atoms. The predicted octanol–water partition coefficient (Wildman–Crippen LogP) is 2.59. The SMILES string of the molecule is CC(C)OCCN(C)CCNc1ccc(F)cc1. The molecule has 0 bridgehead atoms. The fourth-order valence-corrected chi connectivity index (χ4v) is 1.51. The van der Waals surface area contributed by atoms with Crippen LogP contribution in [0.2, 0.25) is 0 Å². The van der Waals surface area contributed by atoms with Crippen molar-refractivity contribution in [2.45, 2.75) is 20.0 Å². The van der Waals surface area contributed by atoms with E-state index in [9.17, 15) is 4.39 Å². The second-order valence-corrected chi connectivity index (χ2v) is 4.66. The average Bonchev–Trinajstić information content (AvgIpc) is 2.31. The molecule has 0 heterocycles. The summed E-state index contributed by atoms with van der Waals surface area (Å²) in [5.74, 6) is -0.205. The monoisotopic (exact) mass is 254 g/mol. The molecule has 1 N–H and O–H groups in total. The maximum absolute atomic E-state index is 12.7. The molecule has 0 unspecified atom stereocenters. The van der Waals surface area contributed by atoms with Crippen molar-refractivity contribution in [1.29, 1.82) is 0 Å². The number of nitrogens with zero attached hydrogens (tertiary/aromatic N) is 1. The first-order valence-corrected chi connectivity index (χ1v) is 6.37. The summed E-state index contributed by atoms with van der Waals surface area (Å²) < 4.78 is 18.2. The van der Waals surface area contributed by atoms with Crippen LogP contribution in [0.25, 0.3) is 0 Å². The first-order chi connectivity index (χ1) is 8.58. The molecular weight excluding hydrogens is 231 g/mol. The normalized spacial score (nSPS) is 11.2. The third-order valence-electron chi connectivity index (χ3n) is 2.59. The van der Waals surface area contributed by atoms with Gasteiger partial charge in [-0.1, -0.05) is 0 Å². The van der Waals surface area contributed by atoms with Gasteiger partial charge in [0, 0.05) is 25.3 Å². The van der Waals surface area contributed by atoms with Gasteiger partial charge in [0.1, 0.15) is 5.82 Å². The molecule has 4 heteroatoms. The second-order valence-electron chi connectivity index (χ2n) is 4.66. The number of hydrogen-bond acceptors (Lipinski definition) is 3. The highest BCUT2D eigenvalue weighted by molar-refractivity contribution is 5.42. The Morgan fingerprint density at radius 3 is 2.50 bits per heavy atom. The summed E-state index contributed by atoms with van der Waals surface area (Å²) in [5, 5.41) is 3.25. The van der Waals surface area contributed by atoms with Crippen LogP contribution in [0.5, 0.6) is 0 Å². The van der Waals surface area contributed by atoms with Crippen LogP contribution in [-0.2, 0) is 4.74 Å². The predicted molar refractivity (Wildman–Crippen MR) is 73.5 cm³/mol. The van der Waals surface area contributed by atoms with Crippen LogP contribution in [0, 0.1) is 5.82 Å². The van der Waals surface area contributed by atoms with Crippen molar-refractivity contribution in [3.63, 3.8) is 0 Å². The van der Waals surface area contributed by atoms with Gasteiger partial charge in [0.25, 0.3) is 0 Å². The van der Waals surface area contributed by atoms with E-state index in [2.05, 4.69) is 17.3 Å². The molecule has 0 fully saturated rings. The lowest BCUT2D eigenvalue weighted by Gasteiger charge is -2.18. The van der Waals surface area contributed by atoms with E-state index in [1.807, 2.05) is 13.8 Å². The molecule has 0 aliphatic carbocycles. The van der Waals surface area contributed by atoms with E-state index in [-0.39, 0.29) is 11.9 Å². The molecule has 0 aromatic heterocycles. The minimum atomic E-state index is -0.205. The van der Waals surface area contributed by atoms with Crippen LogP contribution in [0.15, 0.2) is 24.3 Å². The Morgan fingerprint density at radius 2 is 1.89 bits per heavy atom. The standard InChI is InChI=1S/C14H23FN2O/c1-12(2)18-11-10-17(3)9-8-16-14-6-4-13(15)5-7-14/h4-7,12,16H,8-11H2,1-3H3. The van der Waals surface area contributed by atoms with Crippen molar-refractivity contribution in [1.82, 2.24) is 4.90 Å². The zero-order chi connectivity index (χ0) is 13.4. The number of ether oxygens (including phenoxy) is 1. The zero-order valence-corrected chi connectivity index (χ0v) is 11.4. The molecule has 1 aromatic rings. The largest absolute Gasteiger partial charge is 0.384 e. The molecule has 3 nitrogen and oxygen atoms in total. The molecule has 0 saturated carbocycles. The van der Waals surface area contributed by atoms with Gasteiger partial charge in [0.05, 0.1) is 12.7 Å². The molecule has 0 atom stereocenters. The van der Waals surface area contributed by atoms with E-state index < -0.39 is 0 Å². The highest BCUT2D eigenvalue weighted by Crippen LogP contribution is 2.07. The molecule has 0 radical (unpaired) electrons. The van der Waals surface area contributed by atoms with E-state index >= 15 is 0 Å². The van der Waals surface area contributed by atoms with Crippen molar-refractivity contribution in [2.24, 2.45) is 0 Å². The van der Waals surface area contributed by atoms with Crippen molar-refractivity contribution >= 4 is 5.69 Å². The minimum Gasteiger partial charge on any atom is -0.384 e.